The summed E-state index contributed by atoms with van der Waals surface area (Å²) in [4.78, 5) is 11.2. The topological polar surface area (TPSA) is 17.1 Å². The molecule has 0 radical (unpaired) electrons. The molecule has 86 valence electrons. The molecule has 4 heteroatoms. The van der Waals surface area contributed by atoms with Gasteiger partial charge in [0.15, 0.2) is 0 Å². The lowest BCUT2D eigenvalue weighted by Crippen LogP contribution is -1.95. The molecule has 0 N–H and O–H groups in total. The van der Waals surface area contributed by atoms with Gasteiger partial charge in [-0.15, -0.1) is 0 Å². The van der Waals surface area contributed by atoms with Crippen LogP contribution in [0.1, 0.15) is 10.4 Å². The van der Waals surface area contributed by atoms with Crippen LogP contribution in [0.5, 0.6) is 0 Å². The third kappa shape index (κ3) is 2.50. The number of carbonyl (C=O) groups is 1. The van der Waals surface area contributed by atoms with E-state index < -0.39 is 16.9 Å². The van der Waals surface area contributed by atoms with Crippen LogP contribution >= 0.6 is 11.6 Å². The minimum Gasteiger partial charge on any atom is -0.276 e. The van der Waals surface area contributed by atoms with E-state index in [-0.39, 0.29) is 11.1 Å². The Morgan fingerprint density at radius 2 is 1.71 bits per heavy atom. The number of benzene rings is 2. The Morgan fingerprint density at radius 3 is 2.35 bits per heavy atom. The molecule has 0 aromatic heterocycles. The molecular weight excluding hydrogens is 246 g/mol. The molecule has 0 bridgehead atoms. The van der Waals surface area contributed by atoms with Gasteiger partial charge < -0.3 is 0 Å². The lowest BCUT2D eigenvalue weighted by Gasteiger charge is -2.06. The molecule has 0 aliphatic carbocycles. The van der Waals surface area contributed by atoms with Gasteiger partial charge in [0.2, 0.25) is 0 Å². The minimum absolute atomic E-state index is 0.152. The van der Waals surface area contributed by atoms with Gasteiger partial charge in [-0.2, -0.15) is 0 Å². The molecule has 0 saturated carbocycles. The predicted molar refractivity (Wildman–Crippen MR) is 62.0 cm³/mol. The molecule has 2 aromatic carbocycles. The number of halogens is 3. The quantitative estimate of drug-likeness (QED) is 0.738. The van der Waals surface area contributed by atoms with Crippen molar-refractivity contribution in [1.82, 2.24) is 0 Å². The summed E-state index contributed by atoms with van der Waals surface area (Å²) in [5.74, 6) is -0.967. The van der Waals surface area contributed by atoms with Crippen LogP contribution in [-0.2, 0) is 0 Å². The molecule has 0 atom stereocenters. The fourth-order valence-corrected chi connectivity index (χ4v) is 1.75. The molecule has 17 heavy (non-hydrogen) atoms. The first-order chi connectivity index (χ1) is 8.08. The van der Waals surface area contributed by atoms with E-state index in [1.54, 1.807) is 6.07 Å². The maximum absolute atomic E-state index is 13.1. The largest absolute Gasteiger partial charge is 0.276 e. The summed E-state index contributed by atoms with van der Waals surface area (Å²) in [6.45, 7) is 0. The van der Waals surface area contributed by atoms with E-state index in [9.17, 15) is 13.6 Å². The predicted octanol–water partition coefficient (Wildman–Crippen LogP) is 4.01. The standard InChI is InChI=1S/C13H7ClF2O/c14-13(17)11-5-4-10(16)7-12(11)8-2-1-3-9(15)6-8/h1-7H. The first-order valence-electron chi connectivity index (χ1n) is 4.83. The second-order valence-electron chi connectivity index (χ2n) is 3.47. The van der Waals surface area contributed by atoms with E-state index in [1.807, 2.05) is 0 Å². The number of hydrogen-bond acceptors (Lipinski definition) is 1. The zero-order valence-corrected chi connectivity index (χ0v) is 9.34. The van der Waals surface area contributed by atoms with Gasteiger partial charge in [0, 0.05) is 5.56 Å². The van der Waals surface area contributed by atoms with E-state index in [1.165, 1.54) is 24.3 Å². The van der Waals surface area contributed by atoms with Crippen LogP contribution in [0.15, 0.2) is 42.5 Å². The molecule has 2 rings (SSSR count). The highest BCUT2D eigenvalue weighted by Gasteiger charge is 2.12. The molecule has 0 aliphatic rings. The summed E-state index contributed by atoms with van der Waals surface area (Å²) in [6.07, 6.45) is 0. The van der Waals surface area contributed by atoms with Gasteiger partial charge in [0.05, 0.1) is 0 Å². The Labute approximate surface area is 102 Å². The molecule has 0 spiro atoms. The van der Waals surface area contributed by atoms with E-state index >= 15 is 0 Å². The average molecular weight is 253 g/mol. The Hall–Kier alpha value is -1.74. The van der Waals surface area contributed by atoms with Crippen LogP contribution in [0.3, 0.4) is 0 Å². The molecule has 0 saturated heterocycles. The summed E-state index contributed by atoms with van der Waals surface area (Å²) < 4.78 is 26.2. The maximum Gasteiger partial charge on any atom is 0.253 e. The van der Waals surface area contributed by atoms with Crippen LogP contribution in [0.25, 0.3) is 11.1 Å². The fraction of sp³-hybridized carbons (Fsp3) is 0. The van der Waals surface area contributed by atoms with Crippen LogP contribution in [0, 0.1) is 11.6 Å². The lowest BCUT2D eigenvalue weighted by molar-refractivity contribution is 0.108. The lowest BCUT2D eigenvalue weighted by atomic mass is 10.00. The summed E-state index contributed by atoms with van der Waals surface area (Å²) in [7, 11) is 0. The summed E-state index contributed by atoms with van der Waals surface area (Å²) in [6, 6.07) is 9.13. The van der Waals surface area contributed by atoms with Gasteiger partial charge in [-0.3, -0.25) is 4.79 Å². The van der Waals surface area contributed by atoms with Gasteiger partial charge in [0.1, 0.15) is 11.6 Å². The molecule has 2 aromatic rings. The molecule has 0 heterocycles. The monoisotopic (exact) mass is 252 g/mol. The van der Waals surface area contributed by atoms with Crippen molar-refractivity contribution in [3.63, 3.8) is 0 Å². The fourth-order valence-electron chi connectivity index (χ4n) is 1.58. The third-order valence-electron chi connectivity index (χ3n) is 2.33. The van der Waals surface area contributed by atoms with Crippen molar-refractivity contribution in [3.05, 3.63) is 59.7 Å². The zero-order valence-electron chi connectivity index (χ0n) is 8.58. The van der Waals surface area contributed by atoms with Crippen molar-refractivity contribution >= 4 is 16.8 Å². The van der Waals surface area contributed by atoms with E-state index in [0.717, 1.165) is 12.1 Å². The summed E-state index contributed by atoms with van der Waals surface area (Å²) >= 11 is 5.40. The van der Waals surface area contributed by atoms with Crippen LogP contribution < -0.4 is 0 Å². The van der Waals surface area contributed by atoms with Gasteiger partial charge in [0.25, 0.3) is 5.24 Å². The molecule has 0 unspecified atom stereocenters. The molecule has 0 amide bonds. The Morgan fingerprint density at radius 1 is 1.00 bits per heavy atom. The minimum atomic E-state index is -0.704. The van der Waals surface area contributed by atoms with Gasteiger partial charge in [-0.1, -0.05) is 12.1 Å². The van der Waals surface area contributed by atoms with Crippen molar-refractivity contribution in [2.75, 3.05) is 0 Å². The van der Waals surface area contributed by atoms with E-state index in [4.69, 9.17) is 11.6 Å². The molecule has 0 fully saturated rings. The van der Waals surface area contributed by atoms with Crippen LogP contribution in [0.2, 0.25) is 0 Å². The van der Waals surface area contributed by atoms with Crippen molar-refractivity contribution < 1.29 is 13.6 Å². The van der Waals surface area contributed by atoms with E-state index in [0.29, 0.717) is 5.56 Å². The Bertz CT molecular complexity index is 581. The van der Waals surface area contributed by atoms with Gasteiger partial charge >= 0.3 is 0 Å². The zero-order chi connectivity index (χ0) is 12.4. The van der Waals surface area contributed by atoms with Gasteiger partial charge in [-0.05, 0) is 53.1 Å². The molecular formula is C13H7ClF2O. The highest BCUT2D eigenvalue weighted by atomic mass is 35.5. The SMILES string of the molecule is O=C(Cl)c1ccc(F)cc1-c1cccc(F)c1. The number of carbonyl (C=O) groups excluding carboxylic acids is 1. The normalized spacial score (nSPS) is 10.3. The Kier molecular flexibility index (Phi) is 3.20. The van der Waals surface area contributed by atoms with Crippen molar-refractivity contribution in [2.24, 2.45) is 0 Å². The highest BCUT2D eigenvalue weighted by Crippen LogP contribution is 2.26. The third-order valence-corrected chi connectivity index (χ3v) is 2.53. The van der Waals surface area contributed by atoms with Crippen LogP contribution in [0.4, 0.5) is 8.78 Å². The summed E-state index contributed by atoms with van der Waals surface area (Å²) in [5.41, 5.74) is 0.844. The molecule has 1 nitrogen and oxygen atoms in total. The van der Waals surface area contributed by atoms with Crippen LogP contribution in [-0.4, -0.2) is 5.24 Å². The van der Waals surface area contributed by atoms with Gasteiger partial charge in [-0.25, -0.2) is 8.78 Å². The average Bonchev–Trinajstić information content (AvgIpc) is 2.28. The second kappa shape index (κ2) is 4.63. The number of hydrogen-bond donors (Lipinski definition) is 0. The smallest absolute Gasteiger partial charge is 0.253 e. The van der Waals surface area contributed by atoms with Crippen molar-refractivity contribution in [3.8, 4) is 11.1 Å². The number of rotatable bonds is 2. The first kappa shape index (κ1) is 11.7. The summed E-state index contributed by atoms with van der Waals surface area (Å²) in [5, 5.41) is -0.704. The highest BCUT2D eigenvalue weighted by molar-refractivity contribution is 6.68. The molecule has 0 aliphatic heterocycles. The van der Waals surface area contributed by atoms with Crippen molar-refractivity contribution in [2.45, 2.75) is 0 Å². The second-order valence-corrected chi connectivity index (χ2v) is 3.82. The van der Waals surface area contributed by atoms with E-state index in [2.05, 4.69) is 0 Å². The van der Waals surface area contributed by atoms with Crippen molar-refractivity contribution in [1.29, 1.82) is 0 Å². The maximum atomic E-state index is 13.1. The Balaban J connectivity index is 2.65. The first-order valence-corrected chi connectivity index (χ1v) is 5.21.